The van der Waals surface area contributed by atoms with Gasteiger partial charge in [-0.3, -0.25) is 4.79 Å². The monoisotopic (exact) mass is 349 g/mol. The van der Waals surface area contributed by atoms with Crippen molar-refractivity contribution in [2.75, 3.05) is 5.75 Å². The Morgan fingerprint density at radius 1 is 1.38 bits per heavy atom. The van der Waals surface area contributed by atoms with Crippen molar-refractivity contribution in [2.24, 2.45) is 11.7 Å². The molecular formula is C17H23N3O3S. The molecule has 0 bridgehead atoms. The molecule has 1 heterocycles. The smallest absolute Gasteiger partial charge is 0.236 e. The minimum absolute atomic E-state index is 0.0864. The van der Waals surface area contributed by atoms with Gasteiger partial charge in [-0.15, -0.1) is 6.58 Å². The molecule has 3 N–H and O–H groups in total. The van der Waals surface area contributed by atoms with E-state index in [1.165, 1.54) is 10.4 Å². The van der Waals surface area contributed by atoms with Crippen LogP contribution in [0.25, 0.3) is 10.9 Å². The number of hydrogen-bond donors (Lipinski definition) is 2. The summed E-state index contributed by atoms with van der Waals surface area (Å²) in [6.07, 6.45) is 3.14. The Labute approximate surface area is 142 Å². The van der Waals surface area contributed by atoms with Crippen LogP contribution in [0.15, 0.2) is 43.1 Å². The standard InChI is InChI=1S/C17H23N3O3S/c1-4-9-24(22,23)20(16(12(2)3)17(18)21)11-13-5-6-15-14(10-13)7-8-19-15/h4-8,10,12,16,19H,1,9,11H2,2-3H3,(H2,18,21). The summed E-state index contributed by atoms with van der Waals surface area (Å²) in [7, 11) is -3.69. The molecule has 0 saturated carbocycles. The van der Waals surface area contributed by atoms with Crippen molar-refractivity contribution in [3.05, 3.63) is 48.7 Å². The number of rotatable bonds is 8. The van der Waals surface area contributed by atoms with Crippen LogP contribution in [0.5, 0.6) is 0 Å². The van der Waals surface area contributed by atoms with Crippen LogP contribution in [0, 0.1) is 5.92 Å². The van der Waals surface area contributed by atoms with Gasteiger partial charge in [0, 0.05) is 18.3 Å². The van der Waals surface area contributed by atoms with E-state index >= 15 is 0 Å². The van der Waals surface area contributed by atoms with E-state index in [1.54, 1.807) is 13.8 Å². The van der Waals surface area contributed by atoms with E-state index in [4.69, 9.17) is 5.73 Å². The third kappa shape index (κ3) is 3.85. The van der Waals surface area contributed by atoms with Crippen LogP contribution in [-0.2, 0) is 21.4 Å². The van der Waals surface area contributed by atoms with Crippen LogP contribution >= 0.6 is 0 Å². The number of carbonyl (C=O) groups is 1. The number of fused-ring (bicyclic) bond motifs is 1. The van der Waals surface area contributed by atoms with Crippen molar-refractivity contribution in [1.29, 1.82) is 0 Å². The van der Waals surface area contributed by atoms with E-state index < -0.39 is 22.0 Å². The zero-order valence-corrected chi connectivity index (χ0v) is 14.7. The highest BCUT2D eigenvalue weighted by Gasteiger charge is 2.35. The first-order valence-electron chi connectivity index (χ1n) is 7.72. The first-order chi connectivity index (χ1) is 11.3. The number of nitrogens with two attached hydrogens (primary N) is 1. The summed E-state index contributed by atoms with van der Waals surface area (Å²) in [6.45, 7) is 7.14. The molecule has 0 saturated heterocycles. The van der Waals surface area contributed by atoms with Crippen LogP contribution < -0.4 is 5.73 Å². The lowest BCUT2D eigenvalue weighted by Gasteiger charge is -2.31. The fourth-order valence-corrected chi connectivity index (χ4v) is 4.33. The molecule has 1 amide bonds. The predicted molar refractivity (Wildman–Crippen MR) is 95.6 cm³/mol. The van der Waals surface area contributed by atoms with E-state index in [9.17, 15) is 13.2 Å². The Bertz CT molecular complexity index is 840. The molecule has 0 fully saturated rings. The minimum Gasteiger partial charge on any atom is -0.368 e. The topological polar surface area (TPSA) is 96.3 Å². The highest BCUT2D eigenvalue weighted by Crippen LogP contribution is 2.22. The van der Waals surface area contributed by atoms with Gasteiger partial charge in [0.15, 0.2) is 0 Å². The molecule has 0 radical (unpaired) electrons. The van der Waals surface area contributed by atoms with Gasteiger partial charge in [0.2, 0.25) is 15.9 Å². The summed E-state index contributed by atoms with van der Waals surface area (Å²) < 4.78 is 26.5. The molecule has 24 heavy (non-hydrogen) atoms. The molecule has 2 aromatic rings. The normalized spacial score (nSPS) is 13.5. The number of nitrogens with zero attached hydrogens (tertiary/aromatic N) is 1. The number of sulfonamides is 1. The van der Waals surface area contributed by atoms with E-state index in [1.807, 2.05) is 30.5 Å². The van der Waals surface area contributed by atoms with Crippen molar-refractivity contribution < 1.29 is 13.2 Å². The lowest BCUT2D eigenvalue weighted by atomic mass is 10.0. The highest BCUT2D eigenvalue weighted by molar-refractivity contribution is 7.89. The Hall–Kier alpha value is -2.12. The molecule has 6 nitrogen and oxygen atoms in total. The molecular weight excluding hydrogens is 326 g/mol. The third-order valence-electron chi connectivity index (χ3n) is 3.88. The summed E-state index contributed by atoms with van der Waals surface area (Å²) in [4.78, 5) is 15.0. The summed E-state index contributed by atoms with van der Waals surface area (Å²) >= 11 is 0. The first-order valence-corrected chi connectivity index (χ1v) is 9.33. The molecule has 130 valence electrons. The summed E-state index contributed by atoms with van der Waals surface area (Å²) in [5, 5.41) is 0.980. The third-order valence-corrected chi connectivity index (χ3v) is 5.60. The molecule has 1 unspecified atom stereocenters. The molecule has 0 aliphatic heterocycles. The second-order valence-corrected chi connectivity index (χ2v) is 8.07. The Kier molecular flexibility index (Phi) is 5.46. The first kappa shape index (κ1) is 18.2. The lowest BCUT2D eigenvalue weighted by molar-refractivity contribution is -0.123. The van der Waals surface area contributed by atoms with Crippen molar-refractivity contribution in [1.82, 2.24) is 9.29 Å². The van der Waals surface area contributed by atoms with Crippen molar-refractivity contribution in [3.8, 4) is 0 Å². The number of benzene rings is 1. The minimum atomic E-state index is -3.69. The fourth-order valence-electron chi connectivity index (χ4n) is 2.80. The average Bonchev–Trinajstić information content (AvgIpc) is 2.93. The highest BCUT2D eigenvalue weighted by atomic mass is 32.2. The summed E-state index contributed by atoms with van der Waals surface area (Å²) in [5.74, 6) is -1.13. The largest absolute Gasteiger partial charge is 0.368 e. The van der Waals surface area contributed by atoms with Crippen LogP contribution in [0.2, 0.25) is 0 Å². The van der Waals surface area contributed by atoms with Gasteiger partial charge in [0.1, 0.15) is 6.04 Å². The maximum Gasteiger partial charge on any atom is 0.236 e. The number of hydrogen-bond acceptors (Lipinski definition) is 3. The van der Waals surface area contributed by atoms with Gasteiger partial charge in [0.25, 0.3) is 0 Å². The number of primary amides is 1. The number of aromatic nitrogens is 1. The Morgan fingerprint density at radius 3 is 2.67 bits per heavy atom. The van der Waals surface area contributed by atoms with Gasteiger partial charge < -0.3 is 10.7 Å². The van der Waals surface area contributed by atoms with Crippen LogP contribution in [0.4, 0.5) is 0 Å². The van der Waals surface area contributed by atoms with Crippen LogP contribution in [0.1, 0.15) is 19.4 Å². The van der Waals surface area contributed by atoms with Gasteiger partial charge in [-0.25, -0.2) is 8.42 Å². The van der Waals surface area contributed by atoms with Gasteiger partial charge in [-0.2, -0.15) is 4.31 Å². The Balaban J connectivity index is 2.44. The number of carbonyl (C=O) groups excluding carboxylic acids is 1. The van der Waals surface area contributed by atoms with Crippen molar-refractivity contribution in [3.63, 3.8) is 0 Å². The molecule has 0 aliphatic carbocycles. The number of nitrogens with one attached hydrogen (secondary N) is 1. The Morgan fingerprint density at radius 2 is 2.08 bits per heavy atom. The SMILES string of the molecule is C=CCS(=O)(=O)N(Cc1ccc2[nH]ccc2c1)C(C(N)=O)C(C)C. The van der Waals surface area contributed by atoms with Gasteiger partial charge in [-0.1, -0.05) is 26.0 Å². The number of H-pyrrole nitrogens is 1. The molecule has 1 aromatic heterocycles. The van der Waals surface area contributed by atoms with Crippen LogP contribution in [-0.4, -0.2) is 35.4 Å². The maximum atomic E-state index is 12.6. The zero-order chi connectivity index (χ0) is 17.9. The van der Waals surface area contributed by atoms with E-state index in [0.717, 1.165) is 16.5 Å². The number of amides is 1. The van der Waals surface area contributed by atoms with E-state index in [2.05, 4.69) is 11.6 Å². The van der Waals surface area contributed by atoms with Crippen molar-refractivity contribution in [2.45, 2.75) is 26.4 Å². The van der Waals surface area contributed by atoms with Crippen LogP contribution in [0.3, 0.4) is 0 Å². The van der Waals surface area contributed by atoms with Gasteiger partial charge in [-0.05, 0) is 35.1 Å². The maximum absolute atomic E-state index is 12.6. The molecule has 2 rings (SSSR count). The predicted octanol–water partition coefficient (Wildman–Crippen LogP) is 2.00. The molecule has 7 heteroatoms. The van der Waals surface area contributed by atoms with Crippen molar-refractivity contribution >= 4 is 26.8 Å². The lowest BCUT2D eigenvalue weighted by Crippen LogP contribution is -2.50. The zero-order valence-electron chi connectivity index (χ0n) is 13.9. The van der Waals surface area contributed by atoms with Gasteiger partial charge >= 0.3 is 0 Å². The summed E-state index contributed by atoms with van der Waals surface area (Å²) in [6, 6.07) is 6.64. The fraction of sp³-hybridized carbons (Fsp3) is 0.353. The molecule has 1 aromatic carbocycles. The summed E-state index contributed by atoms with van der Waals surface area (Å²) in [5.41, 5.74) is 7.24. The van der Waals surface area contributed by atoms with E-state index in [0.29, 0.717) is 0 Å². The number of aromatic amines is 1. The van der Waals surface area contributed by atoms with Gasteiger partial charge in [0.05, 0.1) is 5.75 Å². The second kappa shape index (κ2) is 7.19. The second-order valence-electron chi connectivity index (χ2n) is 6.10. The molecule has 0 aliphatic rings. The average molecular weight is 349 g/mol. The van der Waals surface area contributed by atoms with E-state index in [-0.39, 0.29) is 18.2 Å². The molecule has 0 spiro atoms. The molecule has 1 atom stereocenters. The quantitative estimate of drug-likeness (QED) is 0.713.